The molecule has 0 bridgehead atoms. The van der Waals surface area contributed by atoms with Gasteiger partial charge in [0, 0.05) is 16.5 Å². The maximum absolute atomic E-state index is 5.58. The lowest BCUT2D eigenvalue weighted by atomic mass is 10.3. The van der Waals surface area contributed by atoms with E-state index in [-0.39, 0.29) is 0 Å². The van der Waals surface area contributed by atoms with Gasteiger partial charge in [0.15, 0.2) is 0 Å². The summed E-state index contributed by atoms with van der Waals surface area (Å²) in [7, 11) is 0. The van der Waals surface area contributed by atoms with Gasteiger partial charge in [-0.15, -0.1) is 0 Å². The zero-order valence-electron chi connectivity index (χ0n) is 6.77. The van der Waals surface area contributed by atoms with E-state index in [9.17, 15) is 0 Å². The molecule has 0 spiro atoms. The van der Waals surface area contributed by atoms with Crippen LogP contribution in [0, 0.1) is 0 Å². The van der Waals surface area contributed by atoms with Gasteiger partial charge in [-0.25, -0.2) is 0 Å². The van der Waals surface area contributed by atoms with E-state index in [0.29, 0.717) is 10.8 Å². The summed E-state index contributed by atoms with van der Waals surface area (Å²) >= 11 is 1.92. The lowest BCUT2D eigenvalue weighted by Gasteiger charge is -2.18. The zero-order valence-corrected chi connectivity index (χ0v) is 7.59. The first-order chi connectivity index (χ1) is 3.92. The molecule has 0 rings (SSSR count). The van der Waals surface area contributed by atoms with Crippen LogP contribution in [0.5, 0.6) is 0 Å². The summed E-state index contributed by atoms with van der Waals surface area (Å²) in [6.07, 6.45) is 0. The third-order valence-electron chi connectivity index (χ3n) is 0.779. The highest BCUT2D eigenvalue weighted by Gasteiger charge is 2.10. The summed E-state index contributed by atoms with van der Waals surface area (Å²) < 4.78 is 0.369. The van der Waals surface area contributed by atoms with E-state index in [2.05, 4.69) is 20.8 Å². The zero-order chi connectivity index (χ0) is 7.49. The van der Waals surface area contributed by atoms with Gasteiger partial charge in [-0.1, -0.05) is 20.8 Å². The van der Waals surface area contributed by atoms with Gasteiger partial charge in [-0.2, -0.15) is 11.8 Å². The van der Waals surface area contributed by atoms with Crippen molar-refractivity contribution in [3.63, 3.8) is 0 Å². The second kappa shape index (κ2) is 3.47. The Morgan fingerprint density at radius 3 is 2.00 bits per heavy atom. The average molecular weight is 147 g/mol. The van der Waals surface area contributed by atoms with Gasteiger partial charge in [0.1, 0.15) is 0 Å². The van der Waals surface area contributed by atoms with E-state index in [1.807, 2.05) is 18.7 Å². The van der Waals surface area contributed by atoms with E-state index in [1.165, 1.54) is 0 Å². The first kappa shape index (κ1) is 9.31. The molecule has 0 radical (unpaired) electrons. The van der Waals surface area contributed by atoms with E-state index in [1.54, 1.807) is 0 Å². The van der Waals surface area contributed by atoms with Gasteiger partial charge in [0.2, 0.25) is 0 Å². The minimum Gasteiger partial charge on any atom is -0.327 e. The summed E-state index contributed by atoms with van der Waals surface area (Å²) in [5, 5.41) is 0. The number of hydrogen-bond donors (Lipinski definition) is 1. The van der Waals surface area contributed by atoms with E-state index in [4.69, 9.17) is 5.73 Å². The summed E-state index contributed by atoms with van der Waals surface area (Å²) in [6.45, 7) is 8.67. The number of nitrogens with two attached hydrogens (primary N) is 1. The Balaban J connectivity index is 3.28. The van der Waals surface area contributed by atoms with Crippen molar-refractivity contribution < 1.29 is 0 Å². The third kappa shape index (κ3) is 8.31. The van der Waals surface area contributed by atoms with Gasteiger partial charge >= 0.3 is 0 Å². The first-order valence-corrected chi connectivity index (χ1v) is 4.30. The fourth-order valence-electron chi connectivity index (χ4n) is 0.381. The molecular weight excluding hydrogens is 130 g/mol. The molecule has 0 aromatic heterocycles. The third-order valence-corrected chi connectivity index (χ3v) is 2.34. The van der Waals surface area contributed by atoms with Gasteiger partial charge in [-0.05, 0) is 6.92 Å². The predicted octanol–water partition coefficient (Wildman–Crippen LogP) is 1.87. The molecule has 0 aliphatic heterocycles. The smallest absolute Gasteiger partial charge is 0.0102 e. The van der Waals surface area contributed by atoms with Crippen molar-refractivity contribution in [2.75, 3.05) is 5.75 Å². The molecule has 0 aliphatic rings. The summed E-state index contributed by atoms with van der Waals surface area (Å²) in [4.78, 5) is 0. The Morgan fingerprint density at radius 2 is 1.89 bits per heavy atom. The van der Waals surface area contributed by atoms with Gasteiger partial charge < -0.3 is 5.73 Å². The van der Waals surface area contributed by atoms with Crippen LogP contribution in [0.4, 0.5) is 0 Å². The minimum absolute atomic E-state index is 0.328. The van der Waals surface area contributed by atoms with Crippen molar-refractivity contribution >= 4 is 11.8 Å². The molecule has 1 nitrogen and oxygen atoms in total. The minimum atomic E-state index is 0.328. The van der Waals surface area contributed by atoms with Crippen molar-refractivity contribution in [1.82, 2.24) is 0 Å². The van der Waals surface area contributed by atoms with Crippen molar-refractivity contribution in [2.24, 2.45) is 5.73 Å². The number of rotatable bonds is 2. The van der Waals surface area contributed by atoms with Crippen molar-refractivity contribution in [1.29, 1.82) is 0 Å². The van der Waals surface area contributed by atoms with Crippen LogP contribution in [-0.4, -0.2) is 16.5 Å². The summed E-state index contributed by atoms with van der Waals surface area (Å²) in [5.41, 5.74) is 5.58. The fraction of sp³-hybridized carbons (Fsp3) is 1.00. The SMILES string of the molecule is CC(N)CSC(C)(C)C. The highest BCUT2D eigenvalue weighted by molar-refractivity contribution is 8.00. The Bertz CT molecular complexity index is 73.5. The molecule has 9 heavy (non-hydrogen) atoms. The largest absolute Gasteiger partial charge is 0.327 e. The normalized spacial score (nSPS) is 15.7. The average Bonchev–Trinajstić information content (AvgIpc) is 1.59. The van der Waals surface area contributed by atoms with Crippen molar-refractivity contribution in [2.45, 2.75) is 38.5 Å². The monoisotopic (exact) mass is 147 g/mol. The molecule has 0 aromatic carbocycles. The van der Waals surface area contributed by atoms with E-state index in [0.717, 1.165) is 5.75 Å². The molecule has 56 valence electrons. The molecule has 2 N–H and O–H groups in total. The van der Waals surface area contributed by atoms with Crippen LogP contribution >= 0.6 is 11.8 Å². The maximum Gasteiger partial charge on any atom is 0.0102 e. The van der Waals surface area contributed by atoms with Crippen LogP contribution in [0.1, 0.15) is 27.7 Å². The number of hydrogen-bond acceptors (Lipinski definition) is 2. The molecule has 2 heteroatoms. The standard InChI is InChI=1S/C7H17NS/c1-6(8)5-9-7(2,3)4/h6H,5,8H2,1-4H3. The molecule has 0 heterocycles. The Labute approximate surface area is 62.4 Å². The summed E-state index contributed by atoms with van der Waals surface area (Å²) in [5.74, 6) is 1.06. The maximum atomic E-state index is 5.58. The van der Waals surface area contributed by atoms with E-state index >= 15 is 0 Å². The Kier molecular flexibility index (Phi) is 3.59. The van der Waals surface area contributed by atoms with Crippen molar-refractivity contribution in [3.8, 4) is 0 Å². The molecule has 0 saturated carbocycles. The predicted molar refractivity (Wildman–Crippen MR) is 45.9 cm³/mol. The van der Waals surface area contributed by atoms with Crippen LogP contribution in [0.25, 0.3) is 0 Å². The van der Waals surface area contributed by atoms with E-state index < -0.39 is 0 Å². The molecule has 1 unspecified atom stereocenters. The van der Waals surface area contributed by atoms with Crippen LogP contribution in [0.3, 0.4) is 0 Å². The molecule has 1 atom stereocenters. The molecule has 0 aliphatic carbocycles. The molecular formula is C7H17NS. The molecule has 0 amide bonds. The van der Waals surface area contributed by atoms with Crippen LogP contribution in [-0.2, 0) is 0 Å². The highest BCUT2D eigenvalue weighted by Crippen LogP contribution is 2.22. The Hall–Kier alpha value is 0.310. The lowest BCUT2D eigenvalue weighted by Crippen LogP contribution is -2.21. The Morgan fingerprint density at radius 1 is 1.44 bits per heavy atom. The van der Waals surface area contributed by atoms with Crippen LogP contribution in [0.15, 0.2) is 0 Å². The highest BCUT2D eigenvalue weighted by atomic mass is 32.2. The van der Waals surface area contributed by atoms with Gasteiger partial charge in [-0.3, -0.25) is 0 Å². The second-order valence-electron chi connectivity index (χ2n) is 3.40. The first-order valence-electron chi connectivity index (χ1n) is 3.31. The topological polar surface area (TPSA) is 26.0 Å². The van der Waals surface area contributed by atoms with Crippen LogP contribution in [0.2, 0.25) is 0 Å². The van der Waals surface area contributed by atoms with Crippen molar-refractivity contribution in [3.05, 3.63) is 0 Å². The second-order valence-corrected chi connectivity index (χ2v) is 5.25. The van der Waals surface area contributed by atoms with Gasteiger partial charge in [0.25, 0.3) is 0 Å². The van der Waals surface area contributed by atoms with Gasteiger partial charge in [0.05, 0.1) is 0 Å². The lowest BCUT2D eigenvalue weighted by molar-refractivity contribution is 0.784. The number of thioether (sulfide) groups is 1. The summed E-state index contributed by atoms with van der Waals surface area (Å²) in [6, 6.07) is 0.328. The quantitative estimate of drug-likeness (QED) is 0.645. The molecule has 0 fully saturated rings. The van der Waals surface area contributed by atoms with Crippen LogP contribution < -0.4 is 5.73 Å². The fourth-order valence-corrected chi connectivity index (χ4v) is 1.14. The molecule has 0 aromatic rings. The molecule has 0 saturated heterocycles.